The van der Waals surface area contributed by atoms with Gasteiger partial charge in [0, 0.05) is 24.6 Å². The average molecular weight is 468 g/mol. The molecule has 3 aliphatic rings. The van der Waals surface area contributed by atoms with Gasteiger partial charge in [-0.1, -0.05) is 38.2 Å². The molecule has 7 nitrogen and oxygen atoms in total. The first kappa shape index (κ1) is 23.2. The smallest absolute Gasteiger partial charge is 0.409 e. The summed E-state index contributed by atoms with van der Waals surface area (Å²) >= 11 is 0. The van der Waals surface area contributed by atoms with E-state index >= 15 is 0 Å². The quantitative estimate of drug-likeness (QED) is 0.629. The lowest BCUT2D eigenvalue weighted by molar-refractivity contribution is -0.145. The normalized spacial score (nSPS) is 23.6. The third-order valence-corrected chi connectivity index (χ3v) is 8.51. The minimum absolute atomic E-state index is 0.219. The maximum absolute atomic E-state index is 12.2. The van der Waals surface area contributed by atoms with E-state index in [4.69, 9.17) is 9.72 Å². The summed E-state index contributed by atoms with van der Waals surface area (Å²) in [6, 6.07) is 4.41. The highest BCUT2D eigenvalue weighted by Gasteiger charge is 2.32. The zero-order valence-corrected chi connectivity index (χ0v) is 20.3. The second-order valence-electron chi connectivity index (χ2n) is 10.4. The van der Waals surface area contributed by atoms with Gasteiger partial charge in [-0.05, 0) is 56.1 Å². The molecule has 0 spiro atoms. The third kappa shape index (κ3) is 4.41. The fraction of sp³-hybridized carbons (Fsp3) is 0.667. The summed E-state index contributed by atoms with van der Waals surface area (Å²) in [5.41, 5.74) is 4.57. The van der Waals surface area contributed by atoms with Gasteiger partial charge in [-0.2, -0.15) is 0 Å². The number of amides is 1. The number of carboxylic acids is 1. The van der Waals surface area contributed by atoms with E-state index in [0.717, 1.165) is 61.7 Å². The molecule has 1 amide bonds. The number of aromatic nitrogens is 2. The largest absolute Gasteiger partial charge is 0.481 e. The number of carboxylic acid groups (broad SMARTS) is 1. The van der Waals surface area contributed by atoms with Crippen molar-refractivity contribution >= 4 is 23.1 Å². The molecule has 0 unspecified atom stereocenters. The topological polar surface area (TPSA) is 84.7 Å². The van der Waals surface area contributed by atoms with E-state index in [2.05, 4.69) is 16.7 Å². The summed E-state index contributed by atoms with van der Waals surface area (Å²) in [6.45, 7) is 2.01. The van der Waals surface area contributed by atoms with Gasteiger partial charge in [-0.25, -0.2) is 9.78 Å². The number of fused-ring (bicyclic) bond motifs is 3. The molecule has 0 radical (unpaired) electrons. The molecule has 1 aliphatic heterocycles. The van der Waals surface area contributed by atoms with E-state index < -0.39 is 5.97 Å². The predicted octanol–water partition coefficient (Wildman–Crippen LogP) is 5.49. The van der Waals surface area contributed by atoms with Crippen molar-refractivity contribution in [3.8, 4) is 0 Å². The van der Waals surface area contributed by atoms with Gasteiger partial charge in [0.2, 0.25) is 0 Å². The van der Waals surface area contributed by atoms with E-state index in [9.17, 15) is 14.7 Å². The molecule has 2 heterocycles. The lowest BCUT2D eigenvalue weighted by Crippen LogP contribution is -2.35. The number of aryl methyl sites for hydroxylation is 1. The number of benzene rings is 1. The zero-order chi connectivity index (χ0) is 23.7. The van der Waals surface area contributed by atoms with E-state index in [1.165, 1.54) is 50.6 Å². The maximum Gasteiger partial charge on any atom is 0.409 e. The number of rotatable bonds is 5. The minimum atomic E-state index is -0.635. The lowest BCUT2D eigenvalue weighted by Gasteiger charge is -2.29. The predicted molar refractivity (Wildman–Crippen MR) is 130 cm³/mol. The lowest BCUT2D eigenvalue weighted by atomic mass is 9.77. The van der Waals surface area contributed by atoms with Gasteiger partial charge in [0.25, 0.3) is 0 Å². The van der Waals surface area contributed by atoms with Gasteiger partial charge < -0.3 is 19.3 Å². The van der Waals surface area contributed by atoms with Gasteiger partial charge in [0.15, 0.2) is 0 Å². The van der Waals surface area contributed by atoms with Crippen molar-refractivity contribution in [3.63, 3.8) is 0 Å². The number of carbonyl (C=O) groups excluding carboxylic acids is 1. The molecule has 0 saturated heterocycles. The van der Waals surface area contributed by atoms with Crippen LogP contribution >= 0.6 is 0 Å². The summed E-state index contributed by atoms with van der Waals surface area (Å²) in [7, 11) is 1.43. The van der Waals surface area contributed by atoms with Crippen LogP contribution in [0.15, 0.2) is 12.1 Å². The Labute approximate surface area is 201 Å². The van der Waals surface area contributed by atoms with Crippen LogP contribution in [0.4, 0.5) is 4.79 Å². The number of aliphatic carboxylic acids is 1. The molecule has 34 heavy (non-hydrogen) atoms. The van der Waals surface area contributed by atoms with Crippen LogP contribution in [-0.4, -0.2) is 45.3 Å². The van der Waals surface area contributed by atoms with Crippen molar-refractivity contribution in [2.75, 3.05) is 13.7 Å². The number of nitrogens with zero attached hydrogens (tertiary/aromatic N) is 3. The summed E-state index contributed by atoms with van der Waals surface area (Å²) in [5.74, 6) is 1.00. The van der Waals surface area contributed by atoms with Crippen LogP contribution in [0, 0.1) is 11.8 Å². The molecule has 2 atom stereocenters. The molecule has 184 valence electrons. The Balaban J connectivity index is 1.50. The van der Waals surface area contributed by atoms with Crippen LogP contribution in [0.3, 0.4) is 0 Å². The highest BCUT2D eigenvalue weighted by Crippen LogP contribution is 2.38. The molecular formula is C27H37N3O4. The Hall–Kier alpha value is -2.57. The van der Waals surface area contributed by atoms with E-state index in [1.807, 2.05) is 0 Å². The van der Waals surface area contributed by atoms with Gasteiger partial charge in [0.1, 0.15) is 5.82 Å². The fourth-order valence-electron chi connectivity index (χ4n) is 6.61. The van der Waals surface area contributed by atoms with Gasteiger partial charge >= 0.3 is 12.1 Å². The van der Waals surface area contributed by atoms with Crippen LogP contribution in [0.5, 0.6) is 0 Å². The number of imidazole rings is 1. The highest BCUT2D eigenvalue weighted by molar-refractivity contribution is 5.82. The Kier molecular flexibility index (Phi) is 6.79. The van der Waals surface area contributed by atoms with Crippen molar-refractivity contribution in [2.45, 2.75) is 89.6 Å². The first-order chi connectivity index (χ1) is 16.6. The molecule has 2 saturated carbocycles. The summed E-state index contributed by atoms with van der Waals surface area (Å²) in [5, 5.41) is 9.76. The van der Waals surface area contributed by atoms with Gasteiger partial charge in [-0.3, -0.25) is 4.79 Å². The van der Waals surface area contributed by atoms with Gasteiger partial charge in [0.05, 0.1) is 30.6 Å². The number of methoxy groups -OCH3 is 1. The van der Waals surface area contributed by atoms with Crippen molar-refractivity contribution in [1.29, 1.82) is 0 Å². The SMILES string of the molecule is COC(=O)N1CCc2ccc3c(nc(C4CCCCC4)n3CC[C@@H]3CCCC[C@@H]3C(=O)O)c2C1. The molecule has 7 heteroatoms. The Morgan fingerprint density at radius 1 is 1.09 bits per heavy atom. The van der Waals surface area contributed by atoms with Crippen molar-refractivity contribution in [3.05, 3.63) is 29.1 Å². The molecule has 2 fully saturated rings. The van der Waals surface area contributed by atoms with Crippen LogP contribution in [-0.2, 0) is 29.0 Å². The minimum Gasteiger partial charge on any atom is -0.481 e. The number of hydrogen-bond acceptors (Lipinski definition) is 4. The molecule has 5 rings (SSSR count). The summed E-state index contributed by atoms with van der Waals surface area (Å²) in [4.78, 5) is 31.1. The molecule has 1 aromatic heterocycles. The van der Waals surface area contributed by atoms with Gasteiger partial charge in [-0.15, -0.1) is 0 Å². The van der Waals surface area contributed by atoms with Crippen LogP contribution in [0.1, 0.15) is 87.1 Å². The first-order valence-electron chi connectivity index (χ1n) is 13.1. The van der Waals surface area contributed by atoms with Crippen LogP contribution in [0.25, 0.3) is 11.0 Å². The summed E-state index contributed by atoms with van der Waals surface area (Å²) in [6.07, 6.45) is 11.5. The Morgan fingerprint density at radius 3 is 2.62 bits per heavy atom. The molecule has 2 aliphatic carbocycles. The molecule has 0 bridgehead atoms. The van der Waals surface area contributed by atoms with Crippen LogP contribution in [0.2, 0.25) is 0 Å². The fourth-order valence-corrected chi connectivity index (χ4v) is 6.61. The molecule has 2 aromatic rings. The van der Waals surface area contributed by atoms with E-state index in [0.29, 0.717) is 19.0 Å². The van der Waals surface area contributed by atoms with Crippen molar-refractivity contribution in [2.24, 2.45) is 11.8 Å². The number of hydrogen-bond donors (Lipinski definition) is 1. The Morgan fingerprint density at radius 2 is 1.85 bits per heavy atom. The zero-order valence-electron chi connectivity index (χ0n) is 20.3. The third-order valence-electron chi connectivity index (χ3n) is 8.51. The number of carbonyl (C=O) groups is 2. The van der Waals surface area contributed by atoms with E-state index in [1.54, 1.807) is 4.90 Å². The van der Waals surface area contributed by atoms with Crippen molar-refractivity contribution < 1.29 is 19.4 Å². The second-order valence-corrected chi connectivity index (χ2v) is 10.4. The first-order valence-corrected chi connectivity index (χ1v) is 13.1. The monoisotopic (exact) mass is 467 g/mol. The van der Waals surface area contributed by atoms with Crippen molar-refractivity contribution in [1.82, 2.24) is 14.5 Å². The molecule has 1 N–H and O–H groups in total. The maximum atomic E-state index is 12.2. The average Bonchev–Trinajstić information content (AvgIpc) is 3.26. The second kappa shape index (κ2) is 9.96. The van der Waals surface area contributed by atoms with E-state index in [-0.39, 0.29) is 17.9 Å². The Bertz CT molecular complexity index is 1060. The summed E-state index contributed by atoms with van der Waals surface area (Å²) < 4.78 is 7.39. The standard InChI is InChI=1S/C27H37N3O4/c1-34-27(33)29-15-13-19-11-12-23-24(22(19)17-29)28-25(20-8-3-2-4-9-20)30(23)16-14-18-7-5-6-10-21(18)26(31)32/h11-12,18,20-21H,2-10,13-17H2,1H3,(H,31,32)/t18-,21-/m0/s1. The van der Waals surface area contributed by atoms with Crippen LogP contribution < -0.4 is 0 Å². The molecule has 1 aromatic carbocycles. The highest BCUT2D eigenvalue weighted by atomic mass is 16.5. The number of ether oxygens (including phenoxy) is 1. The molecular weight excluding hydrogens is 430 g/mol.